The average molecular weight is 471 g/mol. The smallest absolute Gasteiger partial charge is 0.271 e. The normalized spacial score (nSPS) is 15.3. The van der Waals surface area contributed by atoms with Gasteiger partial charge in [0.2, 0.25) is 15.9 Å². The Morgan fingerprint density at radius 1 is 1.18 bits per heavy atom. The molecule has 1 aromatic heterocycles. The van der Waals surface area contributed by atoms with Gasteiger partial charge in [-0.25, -0.2) is 8.42 Å². The lowest BCUT2D eigenvalue weighted by Crippen LogP contribution is -2.41. The van der Waals surface area contributed by atoms with Crippen LogP contribution in [0.4, 0.5) is 11.4 Å². The molecule has 0 radical (unpaired) electrons. The van der Waals surface area contributed by atoms with E-state index in [-0.39, 0.29) is 29.6 Å². The minimum Gasteiger partial charge on any atom is -0.494 e. The van der Waals surface area contributed by atoms with E-state index in [1.165, 1.54) is 35.7 Å². The summed E-state index contributed by atoms with van der Waals surface area (Å²) in [6, 6.07) is 12.2. The Bertz CT molecular complexity index is 1320. The van der Waals surface area contributed by atoms with E-state index in [1.54, 1.807) is 30.5 Å². The molecule has 0 spiro atoms. The number of pyridine rings is 1. The number of nitrogens with one attached hydrogen (secondary N) is 1. The second kappa shape index (κ2) is 9.12. The zero-order valence-corrected chi connectivity index (χ0v) is 18.6. The van der Waals surface area contributed by atoms with Crippen LogP contribution in [-0.4, -0.2) is 48.7 Å². The molecule has 1 fully saturated rings. The van der Waals surface area contributed by atoms with Crippen LogP contribution in [0, 0.1) is 16.0 Å². The van der Waals surface area contributed by atoms with Gasteiger partial charge in [0.1, 0.15) is 11.3 Å². The number of nitro groups is 1. The van der Waals surface area contributed by atoms with Crippen molar-refractivity contribution in [1.29, 1.82) is 0 Å². The molecule has 2 aromatic carbocycles. The summed E-state index contributed by atoms with van der Waals surface area (Å²) in [4.78, 5) is 27.4. The van der Waals surface area contributed by atoms with E-state index in [1.807, 2.05) is 0 Å². The number of carbonyl (C=O) groups excluding carboxylic acids is 1. The number of methoxy groups -OCH3 is 1. The molecule has 1 saturated heterocycles. The van der Waals surface area contributed by atoms with E-state index >= 15 is 0 Å². The number of anilines is 1. The van der Waals surface area contributed by atoms with Gasteiger partial charge in [-0.3, -0.25) is 19.9 Å². The van der Waals surface area contributed by atoms with E-state index in [0.717, 1.165) is 0 Å². The molecule has 0 aliphatic carbocycles. The second-order valence-electron chi connectivity index (χ2n) is 7.64. The quantitative estimate of drug-likeness (QED) is 0.432. The number of piperidine rings is 1. The summed E-state index contributed by atoms with van der Waals surface area (Å²) in [5.41, 5.74) is 0.684. The number of amides is 1. The third-order valence-corrected chi connectivity index (χ3v) is 7.64. The van der Waals surface area contributed by atoms with Crippen molar-refractivity contribution in [3.63, 3.8) is 0 Å². The average Bonchev–Trinajstić information content (AvgIpc) is 2.83. The number of aromatic nitrogens is 1. The monoisotopic (exact) mass is 470 g/mol. The molecule has 0 bridgehead atoms. The fourth-order valence-corrected chi connectivity index (χ4v) is 5.60. The van der Waals surface area contributed by atoms with Crippen molar-refractivity contribution in [2.75, 3.05) is 25.5 Å². The molecular weight excluding hydrogens is 448 g/mol. The molecule has 172 valence electrons. The van der Waals surface area contributed by atoms with Crippen LogP contribution in [0.15, 0.2) is 59.6 Å². The summed E-state index contributed by atoms with van der Waals surface area (Å²) in [7, 11) is -2.30. The topological polar surface area (TPSA) is 132 Å². The van der Waals surface area contributed by atoms with Crippen molar-refractivity contribution < 1.29 is 22.9 Å². The molecule has 3 aromatic rings. The van der Waals surface area contributed by atoms with Gasteiger partial charge in [-0.15, -0.1) is 0 Å². The lowest BCUT2D eigenvalue weighted by Gasteiger charge is -2.30. The van der Waals surface area contributed by atoms with E-state index in [2.05, 4.69) is 10.3 Å². The highest BCUT2D eigenvalue weighted by molar-refractivity contribution is 7.89. The number of fused-ring (bicyclic) bond motifs is 1. The lowest BCUT2D eigenvalue weighted by molar-refractivity contribution is -0.384. The molecule has 1 amide bonds. The molecule has 2 heterocycles. The fraction of sp³-hybridized carbons (Fsp3) is 0.273. The van der Waals surface area contributed by atoms with Gasteiger partial charge < -0.3 is 10.1 Å². The van der Waals surface area contributed by atoms with Crippen LogP contribution in [0.1, 0.15) is 12.8 Å². The highest BCUT2D eigenvalue weighted by atomic mass is 32.2. The van der Waals surface area contributed by atoms with Gasteiger partial charge in [-0.2, -0.15) is 4.31 Å². The first-order valence-corrected chi connectivity index (χ1v) is 11.7. The maximum absolute atomic E-state index is 13.4. The van der Waals surface area contributed by atoms with E-state index < -0.39 is 20.9 Å². The van der Waals surface area contributed by atoms with Crippen molar-refractivity contribution >= 4 is 38.2 Å². The molecule has 0 saturated carbocycles. The van der Waals surface area contributed by atoms with Crippen LogP contribution in [0.25, 0.3) is 10.9 Å². The van der Waals surface area contributed by atoms with E-state index in [4.69, 9.17) is 4.74 Å². The Kier molecular flexibility index (Phi) is 6.25. The number of hydrogen-bond acceptors (Lipinski definition) is 7. The van der Waals surface area contributed by atoms with Crippen LogP contribution in [0.5, 0.6) is 5.75 Å². The number of carbonyl (C=O) groups is 1. The minimum absolute atomic E-state index is 0.116. The molecule has 1 N–H and O–H groups in total. The molecular formula is C22H22N4O6S. The summed E-state index contributed by atoms with van der Waals surface area (Å²) in [6.45, 7) is 0.367. The van der Waals surface area contributed by atoms with E-state index in [0.29, 0.717) is 35.2 Å². The lowest BCUT2D eigenvalue weighted by atomic mass is 9.97. The maximum atomic E-state index is 13.4. The number of sulfonamides is 1. The number of non-ortho nitro benzene ring substituents is 1. The fourth-order valence-electron chi connectivity index (χ4n) is 3.95. The minimum atomic E-state index is -3.81. The van der Waals surface area contributed by atoms with Crippen molar-refractivity contribution in [3.8, 4) is 5.75 Å². The Morgan fingerprint density at radius 3 is 2.64 bits per heavy atom. The third kappa shape index (κ3) is 4.50. The molecule has 1 aliphatic heterocycles. The van der Waals surface area contributed by atoms with Crippen LogP contribution in [0.3, 0.4) is 0 Å². The summed E-state index contributed by atoms with van der Waals surface area (Å²) in [5, 5.41) is 14.1. The Labute approximate surface area is 190 Å². The van der Waals surface area contributed by atoms with Crippen LogP contribution >= 0.6 is 0 Å². The van der Waals surface area contributed by atoms with Crippen molar-refractivity contribution in [2.24, 2.45) is 5.92 Å². The predicted octanol–water partition coefficient (Wildman–Crippen LogP) is 3.19. The molecule has 1 aliphatic rings. The Balaban J connectivity index is 1.48. The van der Waals surface area contributed by atoms with Gasteiger partial charge in [0.15, 0.2) is 0 Å². The molecule has 11 heteroatoms. The summed E-state index contributed by atoms with van der Waals surface area (Å²) < 4.78 is 33.4. The van der Waals surface area contributed by atoms with E-state index in [9.17, 15) is 23.3 Å². The number of hydrogen-bond donors (Lipinski definition) is 1. The third-order valence-electron chi connectivity index (χ3n) is 5.68. The van der Waals surface area contributed by atoms with Gasteiger partial charge in [0, 0.05) is 48.4 Å². The summed E-state index contributed by atoms with van der Waals surface area (Å²) in [5.74, 6) is -0.197. The number of nitro benzene ring substituents is 1. The Morgan fingerprint density at radius 2 is 1.94 bits per heavy atom. The number of benzene rings is 2. The van der Waals surface area contributed by atoms with Gasteiger partial charge in [-0.1, -0.05) is 6.07 Å². The summed E-state index contributed by atoms with van der Waals surface area (Å²) >= 11 is 0. The van der Waals surface area contributed by atoms with Crippen LogP contribution in [0.2, 0.25) is 0 Å². The van der Waals surface area contributed by atoms with Crippen molar-refractivity contribution in [1.82, 2.24) is 9.29 Å². The molecule has 10 nitrogen and oxygen atoms in total. The molecule has 0 unspecified atom stereocenters. The number of ether oxygens (including phenoxy) is 1. The first-order valence-electron chi connectivity index (χ1n) is 10.3. The zero-order valence-electron chi connectivity index (χ0n) is 17.8. The summed E-state index contributed by atoms with van der Waals surface area (Å²) in [6.07, 6.45) is 2.26. The second-order valence-corrected chi connectivity index (χ2v) is 9.55. The van der Waals surface area contributed by atoms with Crippen LogP contribution < -0.4 is 10.1 Å². The maximum Gasteiger partial charge on any atom is 0.271 e. The standard InChI is InChI=1S/C22H22N4O6S/c1-32-19-7-8-20(18-6-3-11-23-21(18)19)33(30,31)25-12-9-15(10-13-25)22(27)24-16-4-2-5-17(14-16)26(28)29/h2-8,11,14-15H,9-10,12-13H2,1H3,(H,24,27). The molecule has 4 rings (SSSR count). The van der Waals surface area contributed by atoms with Crippen molar-refractivity contribution in [3.05, 3.63) is 64.8 Å². The SMILES string of the molecule is COc1ccc(S(=O)(=O)N2CCC(C(=O)Nc3cccc([N+](=O)[O-])c3)CC2)c2cccnc12. The Hall–Kier alpha value is -3.57. The first-order chi connectivity index (χ1) is 15.8. The first kappa shape index (κ1) is 22.6. The number of nitrogens with zero attached hydrogens (tertiary/aromatic N) is 3. The van der Waals surface area contributed by atoms with Gasteiger partial charge in [0.25, 0.3) is 5.69 Å². The van der Waals surface area contributed by atoms with Gasteiger partial charge >= 0.3 is 0 Å². The number of rotatable bonds is 6. The zero-order chi connectivity index (χ0) is 23.6. The van der Waals surface area contributed by atoms with Gasteiger partial charge in [-0.05, 0) is 43.2 Å². The highest BCUT2D eigenvalue weighted by Crippen LogP contribution is 2.32. The molecule has 33 heavy (non-hydrogen) atoms. The predicted molar refractivity (Wildman–Crippen MR) is 122 cm³/mol. The van der Waals surface area contributed by atoms with Gasteiger partial charge in [0.05, 0.1) is 16.9 Å². The van der Waals surface area contributed by atoms with Crippen molar-refractivity contribution in [2.45, 2.75) is 17.7 Å². The molecule has 0 atom stereocenters. The largest absolute Gasteiger partial charge is 0.494 e. The highest BCUT2D eigenvalue weighted by Gasteiger charge is 2.33. The van der Waals surface area contributed by atoms with Crippen LogP contribution in [-0.2, 0) is 14.8 Å².